The van der Waals surface area contributed by atoms with E-state index in [0.29, 0.717) is 29.1 Å². The Bertz CT molecular complexity index is 1040. The van der Waals surface area contributed by atoms with Crippen LogP contribution >= 0.6 is 11.6 Å². The minimum atomic E-state index is -3.77. The van der Waals surface area contributed by atoms with Crippen LogP contribution in [0.5, 0.6) is 0 Å². The number of likely N-dealkylation sites (N-methyl/N-ethyl adjacent to an activating group) is 1. The fraction of sp³-hybridized carbons (Fsp3) is 0.391. The van der Waals surface area contributed by atoms with Gasteiger partial charge in [-0.2, -0.15) is 0 Å². The van der Waals surface area contributed by atoms with Crippen molar-refractivity contribution in [2.24, 2.45) is 0 Å². The van der Waals surface area contributed by atoms with E-state index in [1.807, 2.05) is 37.3 Å². The highest BCUT2D eigenvalue weighted by molar-refractivity contribution is 7.92. The van der Waals surface area contributed by atoms with Crippen molar-refractivity contribution in [2.75, 3.05) is 30.7 Å². The molecule has 0 heterocycles. The van der Waals surface area contributed by atoms with E-state index in [0.717, 1.165) is 16.1 Å². The van der Waals surface area contributed by atoms with Crippen molar-refractivity contribution in [3.63, 3.8) is 0 Å². The lowest BCUT2D eigenvalue weighted by Gasteiger charge is -2.33. The fourth-order valence-electron chi connectivity index (χ4n) is 3.56. The number of halogens is 1. The van der Waals surface area contributed by atoms with Crippen molar-refractivity contribution < 1.29 is 18.0 Å². The van der Waals surface area contributed by atoms with Gasteiger partial charge in [0.05, 0.1) is 11.9 Å². The Labute approximate surface area is 195 Å². The summed E-state index contributed by atoms with van der Waals surface area (Å²) in [5.41, 5.74) is 2.02. The van der Waals surface area contributed by atoms with Crippen LogP contribution in [0, 0.1) is 6.92 Å². The van der Waals surface area contributed by atoms with Gasteiger partial charge in [0, 0.05) is 18.6 Å². The maximum absolute atomic E-state index is 13.4. The zero-order chi connectivity index (χ0) is 23.9. The van der Waals surface area contributed by atoms with Crippen molar-refractivity contribution >= 4 is 39.1 Å². The van der Waals surface area contributed by atoms with Gasteiger partial charge in [0.15, 0.2) is 0 Å². The third-order valence-electron chi connectivity index (χ3n) is 5.22. The normalized spacial score (nSPS) is 12.2. The molecule has 0 aliphatic carbocycles. The van der Waals surface area contributed by atoms with Crippen molar-refractivity contribution in [3.05, 3.63) is 64.7 Å². The van der Waals surface area contributed by atoms with E-state index in [-0.39, 0.29) is 12.5 Å². The maximum atomic E-state index is 13.4. The molecular weight excluding hydrogens is 450 g/mol. The minimum absolute atomic E-state index is 0.284. The molecule has 2 aromatic carbocycles. The van der Waals surface area contributed by atoms with Gasteiger partial charge >= 0.3 is 0 Å². The van der Waals surface area contributed by atoms with Gasteiger partial charge in [0.25, 0.3) is 0 Å². The van der Waals surface area contributed by atoms with Crippen LogP contribution in [-0.4, -0.2) is 57.6 Å². The summed E-state index contributed by atoms with van der Waals surface area (Å²) in [6.07, 6.45) is 2.00. The molecular formula is C23H30ClN3O4S. The third-order valence-corrected chi connectivity index (χ3v) is 6.58. The van der Waals surface area contributed by atoms with Crippen molar-refractivity contribution in [1.82, 2.24) is 10.2 Å². The highest BCUT2D eigenvalue weighted by Crippen LogP contribution is 2.26. The van der Waals surface area contributed by atoms with Crippen LogP contribution in [0.2, 0.25) is 5.02 Å². The summed E-state index contributed by atoms with van der Waals surface area (Å²) < 4.78 is 26.2. The van der Waals surface area contributed by atoms with Gasteiger partial charge in [-0.3, -0.25) is 13.9 Å². The van der Waals surface area contributed by atoms with E-state index in [9.17, 15) is 18.0 Å². The number of aryl methyl sites for hydroxylation is 1. The largest absolute Gasteiger partial charge is 0.357 e. The van der Waals surface area contributed by atoms with Crippen LogP contribution in [0.4, 0.5) is 5.69 Å². The highest BCUT2D eigenvalue weighted by atomic mass is 35.5. The maximum Gasteiger partial charge on any atom is 0.244 e. The SMILES string of the molecule is CC[C@@H](C(=O)NC)N(CCc1ccccc1)C(=O)CN(c1ccc(Cl)cc1C)S(C)(=O)=O. The zero-order valence-corrected chi connectivity index (χ0v) is 20.4. The average Bonchev–Trinajstić information content (AvgIpc) is 2.74. The summed E-state index contributed by atoms with van der Waals surface area (Å²) >= 11 is 6.02. The Hall–Kier alpha value is -2.58. The van der Waals surface area contributed by atoms with Crippen molar-refractivity contribution in [1.29, 1.82) is 0 Å². The van der Waals surface area contributed by atoms with E-state index < -0.39 is 28.5 Å². The van der Waals surface area contributed by atoms with Gasteiger partial charge < -0.3 is 10.2 Å². The quantitative estimate of drug-likeness (QED) is 0.567. The lowest BCUT2D eigenvalue weighted by molar-refractivity contribution is -0.139. The van der Waals surface area contributed by atoms with Gasteiger partial charge in [-0.25, -0.2) is 8.42 Å². The summed E-state index contributed by atoms with van der Waals surface area (Å²) in [5.74, 6) is -0.737. The molecule has 1 atom stereocenters. The third kappa shape index (κ3) is 6.71. The first-order valence-electron chi connectivity index (χ1n) is 10.4. The van der Waals surface area contributed by atoms with Gasteiger partial charge in [0.1, 0.15) is 12.6 Å². The topological polar surface area (TPSA) is 86.8 Å². The number of anilines is 1. The van der Waals surface area contributed by atoms with Crippen LogP contribution in [0.15, 0.2) is 48.5 Å². The van der Waals surface area contributed by atoms with Crippen LogP contribution in [0.25, 0.3) is 0 Å². The van der Waals surface area contributed by atoms with Crippen LogP contribution in [0.1, 0.15) is 24.5 Å². The number of hydrogen-bond donors (Lipinski definition) is 1. The molecule has 0 radical (unpaired) electrons. The number of hydrogen-bond acceptors (Lipinski definition) is 4. The van der Waals surface area contributed by atoms with Crippen molar-refractivity contribution in [2.45, 2.75) is 32.7 Å². The number of carbonyl (C=O) groups excluding carboxylic acids is 2. The van der Waals surface area contributed by atoms with Gasteiger partial charge in [-0.15, -0.1) is 0 Å². The Kier molecular flexibility index (Phi) is 9.09. The van der Waals surface area contributed by atoms with Crippen LogP contribution < -0.4 is 9.62 Å². The molecule has 0 unspecified atom stereocenters. The number of nitrogens with one attached hydrogen (secondary N) is 1. The van der Waals surface area contributed by atoms with E-state index >= 15 is 0 Å². The molecule has 9 heteroatoms. The Morgan fingerprint density at radius 2 is 1.78 bits per heavy atom. The van der Waals surface area contributed by atoms with Gasteiger partial charge in [-0.1, -0.05) is 48.9 Å². The first-order valence-corrected chi connectivity index (χ1v) is 12.6. The molecule has 2 aromatic rings. The van der Waals surface area contributed by atoms with Gasteiger partial charge in [0.2, 0.25) is 21.8 Å². The molecule has 32 heavy (non-hydrogen) atoms. The second-order valence-corrected chi connectivity index (χ2v) is 9.90. The van der Waals surface area contributed by atoms with Crippen LogP contribution in [-0.2, 0) is 26.0 Å². The number of sulfonamides is 1. The number of nitrogens with zero attached hydrogens (tertiary/aromatic N) is 2. The standard InChI is InChI=1S/C23H30ClN3O4S/c1-5-20(23(29)25-3)26(14-13-18-9-7-6-8-10-18)22(28)16-27(32(4,30)31)21-12-11-19(24)15-17(21)2/h6-12,15,20H,5,13-14,16H2,1-4H3,(H,25,29)/t20-/m0/s1. The molecule has 0 saturated carbocycles. The second kappa shape index (κ2) is 11.3. The second-order valence-electron chi connectivity index (χ2n) is 7.56. The molecule has 0 aliphatic rings. The van der Waals surface area contributed by atoms with E-state index in [1.165, 1.54) is 11.9 Å². The molecule has 0 fully saturated rings. The van der Waals surface area contributed by atoms with E-state index in [4.69, 9.17) is 11.6 Å². The summed E-state index contributed by atoms with van der Waals surface area (Å²) in [5, 5.41) is 3.07. The summed E-state index contributed by atoms with van der Waals surface area (Å²) in [6.45, 7) is 3.42. The number of amides is 2. The first kappa shape index (κ1) is 25.7. The molecule has 2 rings (SSSR count). The predicted molar refractivity (Wildman–Crippen MR) is 128 cm³/mol. The predicted octanol–water partition coefficient (Wildman–Crippen LogP) is 3.01. The average molecular weight is 480 g/mol. The molecule has 7 nitrogen and oxygen atoms in total. The molecule has 0 saturated heterocycles. The van der Waals surface area contributed by atoms with Gasteiger partial charge in [-0.05, 0) is 49.1 Å². The van der Waals surface area contributed by atoms with E-state index in [2.05, 4.69) is 5.32 Å². The smallest absolute Gasteiger partial charge is 0.244 e. The fourth-order valence-corrected chi connectivity index (χ4v) is 4.69. The highest BCUT2D eigenvalue weighted by Gasteiger charge is 2.31. The Morgan fingerprint density at radius 1 is 1.12 bits per heavy atom. The zero-order valence-electron chi connectivity index (χ0n) is 18.8. The lowest BCUT2D eigenvalue weighted by Crippen LogP contribution is -2.52. The number of carbonyl (C=O) groups is 2. The summed E-state index contributed by atoms with van der Waals surface area (Å²) in [7, 11) is -2.25. The Balaban J connectivity index is 2.37. The molecule has 2 amide bonds. The molecule has 1 N–H and O–H groups in total. The monoisotopic (exact) mass is 479 g/mol. The Morgan fingerprint density at radius 3 is 2.31 bits per heavy atom. The van der Waals surface area contributed by atoms with E-state index in [1.54, 1.807) is 25.1 Å². The lowest BCUT2D eigenvalue weighted by atomic mass is 10.1. The molecule has 0 spiro atoms. The summed E-state index contributed by atoms with van der Waals surface area (Å²) in [4.78, 5) is 27.4. The summed E-state index contributed by atoms with van der Waals surface area (Å²) in [6, 6.07) is 13.7. The molecule has 0 aliphatic heterocycles. The minimum Gasteiger partial charge on any atom is -0.357 e. The molecule has 0 bridgehead atoms. The number of benzene rings is 2. The molecule has 0 aromatic heterocycles. The van der Waals surface area contributed by atoms with Crippen molar-refractivity contribution in [3.8, 4) is 0 Å². The first-order chi connectivity index (χ1) is 15.1. The van der Waals surface area contributed by atoms with Crippen LogP contribution in [0.3, 0.4) is 0 Å². The number of rotatable bonds is 10. The molecule has 174 valence electrons.